The SMILES string of the molecule is O=C1C(c2ccccc2)[N+](=O)N2CC3(CN12)CN1C(=O)C(c2ccccc2)[N+](=O)N1C3. The van der Waals surface area contributed by atoms with Crippen molar-refractivity contribution in [1.29, 1.82) is 0 Å². The van der Waals surface area contributed by atoms with Gasteiger partial charge in [0.2, 0.25) is 0 Å². The van der Waals surface area contributed by atoms with E-state index < -0.39 is 17.5 Å². The van der Waals surface area contributed by atoms with E-state index in [1.165, 1.54) is 20.3 Å². The molecule has 6 rings (SSSR count). The quantitative estimate of drug-likeness (QED) is 0.674. The third-order valence-electron chi connectivity index (χ3n) is 6.59. The lowest BCUT2D eigenvalue weighted by molar-refractivity contribution is -0.737. The lowest BCUT2D eigenvalue weighted by atomic mass is 9.89. The van der Waals surface area contributed by atoms with E-state index in [-0.39, 0.29) is 38.0 Å². The molecule has 4 heterocycles. The highest BCUT2D eigenvalue weighted by Gasteiger charge is 2.69. The first-order valence-corrected chi connectivity index (χ1v) is 10.2. The summed E-state index contributed by atoms with van der Waals surface area (Å²) in [7, 11) is 0. The number of rotatable bonds is 2. The highest BCUT2D eigenvalue weighted by molar-refractivity contribution is 5.84. The molecule has 2 amide bonds. The molecular weight excluding hydrogens is 400 g/mol. The molecule has 1 spiro atoms. The Hall–Kier alpha value is -3.82. The van der Waals surface area contributed by atoms with Gasteiger partial charge in [0.25, 0.3) is 0 Å². The standard InChI is InChI=1S/C21H20N6O4/c28-19-17(15-7-3-1-4-8-15)26(30)24-13-21(11-22(19)24)12-23-20(29)18(27(31)25(23)14-21)16-9-5-2-6-10-16/h1-10,17-18H,11-14H2/q+2. The summed E-state index contributed by atoms with van der Waals surface area (Å²) < 4.78 is 0. The zero-order chi connectivity index (χ0) is 21.3. The first-order chi connectivity index (χ1) is 15.0. The summed E-state index contributed by atoms with van der Waals surface area (Å²) in [6.07, 6.45) is 0. The van der Waals surface area contributed by atoms with Crippen LogP contribution in [0.4, 0.5) is 0 Å². The molecule has 2 aromatic rings. The molecule has 2 atom stereocenters. The van der Waals surface area contributed by atoms with Crippen molar-refractivity contribution >= 4 is 11.8 Å². The number of carbonyl (C=O) groups is 2. The maximum absolute atomic E-state index is 13.0. The fourth-order valence-electron chi connectivity index (χ4n) is 5.15. The largest absolute Gasteiger partial charge is 0.340 e. The molecule has 4 aliphatic rings. The van der Waals surface area contributed by atoms with Crippen molar-refractivity contribution in [2.45, 2.75) is 12.1 Å². The second kappa shape index (κ2) is 6.10. The molecule has 2 unspecified atom stereocenters. The highest BCUT2D eigenvalue weighted by Crippen LogP contribution is 2.45. The van der Waals surface area contributed by atoms with E-state index in [0.717, 1.165) is 9.74 Å². The van der Waals surface area contributed by atoms with Crippen molar-refractivity contribution in [2.75, 3.05) is 26.2 Å². The van der Waals surface area contributed by atoms with Crippen LogP contribution in [0, 0.1) is 15.2 Å². The van der Waals surface area contributed by atoms with Gasteiger partial charge < -0.3 is 0 Å². The Kier molecular flexibility index (Phi) is 3.54. The number of fused-ring (bicyclic) bond motifs is 2. The van der Waals surface area contributed by atoms with E-state index in [1.807, 2.05) is 12.1 Å². The second-order valence-corrected chi connectivity index (χ2v) is 8.58. The molecule has 4 fully saturated rings. The second-order valence-electron chi connectivity index (χ2n) is 8.58. The van der Waals surface area contributed by atoms with Crippen molar-refractivity contribution in [2.24, 2.45) is 5.41 Å². The average Bonchev–Trinajstić information content (AvgIpc) is 3.47. The van der Waals surface area contributed by atoms with Gasteiger partial charge in [0.1, 0.15) is 13.1 Å². The van der Waals surface area contributed by atoms with Gasteiger partial charge in [0.15, 0.2) is 9.74 Å². The number of benzene rings is 2. The lowest BCUT2D eigenvalue weighted by Crippen LogP contribution is -2.39. The minimum Gasteiger partial charge on any atom is -0.264 e. The molecule has 10 heteroatoms. The van der Waals surface area contributed by atoms with Crippen LogP contribution in [0.15, 0.2) is 60.7 Å². The molecule has 0 radical (unpaired) electrons. The van der Waals surface area contributed by atoms with Gasteiger partial charge in [0, 0.05) is 11.1 Å². The molecule has 31 heavy (non-hydrogen) atoms. The fraction of sp³-hybridized carbons (Fsp3) is 0.333. The Labute approximate surface area is 177 Å². The van der Waals surface area contributed by atoms with E-state index >= 15 is 0 Å². The zero-order valence-electron chi connectivity index (χ0n) is 16.6. The van der Waals surface area contributed by atoms with Gasteiger partial charge >= 0.3 is 23.9 Å². The normalized spacial score (nSPS) is 29.5. The van der Waals surface area contributed by atoms with Crippen LogP contribution < -0.4 is 0 Å². The molecule has 0 aliphatic carbocycles. The van der Waals surface area contributed by atoms with E-state index in [0.29, 0.717) is 11.1 Å². The molecule has 4 saturated heterocycles. The first kappa shape index (κ1) is 18.0. The summed E-state index contributed by atoms with van der Waals surface area (Å²) in [6.45, 7) is 1.13. The summed E-state index contributed by atoms with van der Waals surface area (Å²) >= 11 is 0. The van der Waals surface area contributed by atoms with Crippen molar-refractivity contribution in [3.05, 3.63) is 81.6 Å². The van der Waals surface area contributed by atoms with Crippen LogP contribution in [0.1, 0.15) is 23.2 Å². The van der Waals surface area contributed by atoms with Gasteiger partial charge in [-0.3, -0.25) is 9.59 Å². The molecule has 10 nitrogen and oxygen atoms in total. The van der Waals surface area contributed by atoms with Crippen LogP contribution in [0.2, 0.25) is 0 Å². The van der Waals surface area contributed by atoms with Gasteiger partial charge in [-0.15, -0.1) is 0 Å². The van der Waals surface area contributed by atoms with Gasteiger partial charge in [-0.2, -0.15) is 10.0 Å². The van der Waals surface area contributed by atoms with Crippen LogP contribution in [0.5, 0.6) is 0 Å². The maximum atomic E-state index is 13.0. The number of hydrazine groups is 4. The monoisotopic (exact) mass is 420 g/mol. The summed E-state index contributed by atoms with van der Waals surface area (Å²) in [5.41, 5.74) is 0.738. The van der Waals surface area contributed by atoms with Crippen molar-refractivity contribution in [1.82, 2.24) is 20.3 Å². The summed E-state index contributed by atoms with van der Waals surface area (Å²) in [5.74, 6) is -0.569. The van der Waals surface area contributed by atoms with E-state index in [4.69, 9.17) is 0 Å². The van der Waals surface area contributed by atoms with Gasteiger partial charge in [-0.25, -0.2) is 0 Å². The van der Waals surface area contributed by atoms with E-state index in [1.54, 1.807) is 48.5 Å². The van der Waals surface area contributed by atoms with Crippen molar-refractivity contribution < 1.29 is 19.3 Å². The summed E-state index contributed by atoms with van der Waals surface area (Å²) in [5, 5.41) is 5.75. The smallest absolute Gasteiger partial charge is 0.264 e. The minimum absolute atomic E-state index is 0.274. The van der Waals surface area contributed by atoms with Crippen LogP contribution in [-0.2, 0) is 9.59 Å². The molecule has 4 aliphatic heterocycles. The number of nitrogens with zero attached hydrogens (tertiary/aromatic N) is 6. The minimum atomic E-state index is -0.903. The number of hydrogen-bond acceptors (Lipinski definition) is 4. The third kappa shape index (κ3) is 2.38. The molecule has 0 N–H and O–H groups in total. The van der Waals surface area contributed by atoms with Gasteiger partial charge in [0.05, 0.1) is 28.3 Å². The number of nitroso groups, excluding NO2 is 2. The predicted molar refractivity (Wildman–Crippen MR) is 105 cm³/mol. The van der Waals surface area contributed by atoms with Crippen molar-refractivity contribution in [3.63, 3.8) is 0 Å². The number of amides is 2. The molecule has 156 valence electrons. The Morgan fingerprint density at radius 3 is 1.39 bits per heavy atom. The maximum Gasteiger partial charge on any atom is 0.340 e. The number of carbonyl (C=O) groups excluding carboxylic acids is 2. The molecule has 0 aromatic heterocycles. The van der Waals surface area contributed by atoms with Crippen LogP contribution in [-0.4, -0.2) is 68.0 Å². The lowest BCUT2D eigenvalue weighted by Gasteiger charge is -2.18. The van der Waals surface area contributed by atoms with Crippen LogP contribution in [0.3, 0.4) is 0 Å². The highest BCUT2D eigenvalue weighted by atomic mass is 16.4. The first-order valence-electron chi connectivity index (χ1n) is 10.2. The Morgan fingerprint density at radius 1 is 0.645 bits per heavy atom. The molecule has 0 bridgehead atoms. The van der Waals surface area contributed by atoms with E-state index in [2.05, 4.69) is 0 Å². The third-order valence-corrected chi connectivity index (χ3v) is 6.59. The van der Waals surface area contributed by atoms with E-state index in [9.17, 15) is 19.4 Å². The Morgan fingerprint density at radius 2 is 1.03 bits per heavy atom. The summed E-state index contributed by atoms with van der Waals surface area (Å²) in [6, 6.07) is 16.1. The molecular formula is C21H20N6O4+2. The fourth-order valence-corrected chi connectivity index (χ4v) is 5.15. The Balaban J connectivity index is 1.24. The topological polar surface area (TPSA) is 87.3 Å². The predicted octanol–water partition coefficient (Wildman–Crippen LogP) is 0.989. The van der Waals surface area contributed by atoms with Crippen LogP contribution >= 0.6 is 0 Å². The van der Waals surface area contributed by atoms with Gasteiger partial charge in [-0.1, -0.05) is 60.7 Å². The number of hydrogen-bond donors (Lipinski definition) is 0. The molecule has 0 saturated carbocycles. The molecule has 2 aromatic carbocycles. The van der Waals surface area contributed by atoms with Crippen LogP contribution in [0.25, 0.3) is 0 Å². The Bertz CT molecular complexity index is 982. The summed E-state index contributed by atoms with van der Waals surface area (Å²) in [4.78, 5) is 53.4. The van der Waals surface area contributed by atoms with Gasteiger partial charge in [-0.05, 0) is 10.2 Å². The van der Waals surface area contributed by atoms with Crippen molar-refractivity contribution in [3.8, 4) is 0 Å². The zero-order valence-corrected chi connectivity index (χ0v) is 16.6. The average molecular weight is 420 g/mol.